The first-order valence-electron chi connectivity index (χ1n) is 4.83. The fraction of sp³-hybridized carbons (Fsp3) is 0.667. The SMILES string of the molecule is CCOC(=O)C[C@H](NC(=O)C(F)(F)F)C(=O)OC. The molecule has 0 saturated carbocycles. The van der Waals surface area contributed by atoms with Gasteiger partial charge in [-0.2, -0.15) is 13.2 Å². The maximum absolute atomic E-state index is 12.0. The van der Waals surface area contributed by atoms with Crippen molar-refractivity contribution in [1.29, 1.82) is 0 Å². The minimum atomic E-state index is -5.15. The van der Waals surface area contributed by atoms with Crippen molar-refractivity contribution in [1.82, 2.24) is 5.32 Å². The summed E-state index contributed by atoms with van der Waals surface area (Å²) in [7, 11) is 0.917. The molecule has 0 aromatic rings. The molecule has 9 heteroatoms. The summed E-state index contributed by atoms with van der Waals surface area (Å²) in [5.74, 6) is -4.42. The zero-order valence-electron chi connectivity index (χ0n) is 9.67. The predicted octanol–water partition coefficient (Wildman–Crippen LogP) is 0.160. The molecule has 1 N–H and O–H groups in total. The highest BCUT2D eigenvalue weighted by atomic mass is 19.4. The molecule has 0 spiro atoms. The van der Waals surface area contributed by atoms with Gasteiger partial charge >= 0.3 is 24.0 Å². The van der Waals surface area contributed by atoms with Crippen LogP contribution in [0.5, 0.6) is 0 Å². The number of rotatable bonds is 5. The molecule has 0 aliphatic heterocycles. The fourth-order valence-electron chi connectivity index (χ4n) is 0.962. The zero-order chi connectivity index (χ0) is 14.3. The van der Waals surface area contributed by atoms with Crippen molar-refractivity contribution < 1.29 is 37.0 Å². The molecule has 0 heterocycles. The molecule has 0 fully saturated rings. The van der Waals surface area contributed by atoms with Gasteiger partial charge in [0, 0.05) is 0 Å². The van der Waals surface area contributed by atoms with Crippen LogP contribution in [-0.2, 0) is 23.9 Å². The van der Waals surface area contributed by atoms with E-state index in [1.54, 1.807) is 0 Å². The number of amides is 1. The number of alkyl halides is 3. The molecule has 0 aliphatic rings. The molecule has 1 atom stereocenters. The average Bonchev–Trinajstić information content (AvgIpc) is 2.26. The lowest BCUT2D eigenvalue weighted by molar-refractivity contribution is -0.176. The van der Waals surface area contributed by atoms with Gasteiger partial charge in [-0.15, -0.1) is 0 Å². The Morgan fingerprint density at radius 2 is 1.83 bits per heavy atom. The monoisotopic (exact) mass is 271 g/mol. The van der Waals surface area contributed by atoms with Crippen molar-refractivity contribution in [2.24, 2.45) is 0 Å². The maximum atomic E-state index is 12.0. The Balaban J connectivity index is 4.65. The molecule has 1 amide bonds. The van der Waals surface area contributed by atoms with Gasteiger partial charge in [-0.3, -0.25) is 9.59 Å². The lowest BCUT2D eigenvalue weighted by Crippen LogP contribution is -2.48. The zero-order valence-corrected chi connectivity index (χ0v) is 9.67. The summed E-state index contributed by atoms with van der Waals surface area (Å²) in [6.45, 7) is 1.49. The first kappa shape index (κ1) is 16.2. The van der Waals surface area contributed by atoms with Crippen LogP contribution in [0.4, 0.5) is 13.2 Å². The van der Waals surface area contributed by atoms with Crippen LogP contribution in [0, 0.1) is 0 Å². The molecule has 0 rings (SSSR count). The average molecular weight is 271 g/mol. The minimum absolute atomic E-state index is 0.0000563. The van der Waals surface area contributed by atoms with Crippen LogP contribution < -0.4 is 5.32 Å². The number of hydrogen-bond acceptors (Lipinski definition) is 5. The van der Waals surface area contributed by atoms with E-state index in [9.17, 15) is 27.6 Å². The molecule has 0 radical (unpaired) electrons. The van der Waals surface area contributed by atoms with E-state index in [1.165, 1.54) is 12.2 Å². The summed E-state index contributed by atoms with van der Waals surface area (Å²) in [4.78, 5) is 32.8. The summed E-state index contributed by atoms with van der Waals surface area (Å²) >= 11 is 0. The van der Waals surface area contributed by atoms with Crippen molar-refractivity contribution in [3.63, 3.8) is 0 Å². The third-order valence-electron chi connectivity index (χ3n) is 1.72. The standard InChI is InChI=1S/C9H12F3NO5/c1-3-18-6(14)4-5(7(15)17-2)13-8(16)9(10,11)12/h5H,3-4H2,1-2H3,(H,13,16)/t5-/m0/s1. The second-order valence-electron chi connectivity index (χ2n) is 3.06. The van der Waals surface area contributed by atoms with Crippen LogP contribution in [0.1, 0.15) is 13.3 Å². The van der Waals surface area contributed by atoms with E-state index in [-0.39, 0.29) is 6.61 Å². The minimum Gasteiger partial charge on any atom is -0.467 e. The van der Waals surface area contributed by atoms with Crippen molar-refractivity contribution in [2.75, 3.05) is 13.7 Å². The van der Waals surface area contributed by atoms with Crippen molar-refractivity contribution in [3.8, 4) is 0 Å². The highest BCUT2D eigenvalue weighted by molar-refractivity contribution is 5.90. The number of nitrogens with one attached hydrogen (secondary N) is 1. The Morgan fingerprint density at radius 3 is 2.22 bits per heavy atom. The number of carbonyl (C=O) groups is 3. The van der Waals surface area contributed by atoms with Crippen molar-refractivity contribution in [2.45, 2.75) is 25.6 Å². The van der Waals surface area contributed by atoms with Gasteiger partial charge in [0.05, 0.1) is 20.1 Å². The number of halogens is 3. The summed E-state index contributed by atoms with van der Waals surface area (Å²) in [5, 5.41) is 1.36. The van der Waals surface area contributed by atoms with E-state index in [0.717, 1.165) is 7.11 Å². The molecular weight excluding hydrogens is 259 g/mol. The van der Waals surface area contributed by atoms with Gasteiger partial charge in [-0.25, -0.2) is 4.79 Å². The highest BCUT2D eigenvalue weighted by Gasteiger charge is 2.41. The first-order valence-corrected chi connectivity index (χ1v) is 4.83. The topological polar surface area (TPSA) is 81.7 Å². The van der Waals surface area contributed by atoms with Gasteiger partial charge in [0.1, 0.15) is 6.04 Å². The Labute approximate surface area is 100 Å². The predicted molar refractivity (Wildman–Crippen MR) is 51.3 cm³/mol. The van der Waals surface area contributed by atoms with Gasteiger partial charge in [-0.1, -0.05) is 0 Å². The Hall–Kier alpha value is -1.80. The molecule has 6 nitrogen and oxygen atoms in total. The Morgan fingerprint density at radius 1 is 1.28 bits per heavy atom. The normalized spacial score (nSPS) is 12.5. The van der Waals surface area contributed by atoms with Crippen LogP contribution in [0.15, 0.2) is 0 Å². The number of esters is 2. The van der Waals surface area contributed by atoms with Gasteiger partial charge in [0.2, 0.25) is 0 Å². The third kappa shape index (κ3) is 5.51. The molecule has 0 unspecified atom stereocenters. The molecular formula is C9H12F3NO5. The summed E-state index contributed by atoms with van der Waals surface area (Å²) in [6.07, 6.45) is -5.89. The summed E-state index contributed by atoms with van der Waals surface area (Å²) in [6, 6.07) is -1.73. The second kappa shape index (κ2) is 6.82. The number of hydrogen-bond donors (Lipinski definition) is 1. The van der Waals surface area contributed by atoms with Gasteiger partial charge < -0.3 is 14.8 Å². The van der Waals surface area contributed by atoms with E-state index in [0.29, 0.717) is 0 Å². The number of ether oxygens (including phenoxy) is 2. The van der Waals surface area contributed by atoms with E-state index in [2.05, 4.69) is 9.47 Å². The van der Waals surface area contributed by atoms with Crippen LogP contribution >= 0.6 is 0 Å². The smallest absolute Gasteiger partial charge is 0.467 e. The van der Waals surface area contributed by atoms with Gasteiger partial charge in [0.25, 0.3) is 0 Å². The Bertz CT molecular complexity index is 329. The molecule has 104 valence electrons. The highest BCUT2D eigenvalue weighted by Crippen LogP contribution is 2.15. The largest absolute Gasteiger partial charge is 0.471 e. The molecule has 0 aliphatic carbocycles. The van der Waals surface area contributed by atoms with Crippen LogP contribution in [-0.4, -0.2) is 43.8 Å². The van der Waals surface area contributed by atoms with E-state index >= 15 is 0 Å². The van der Waals surface area contributed by atoms with Crippen LogP contribution in [0.3, 0.4) is 0 Å². The van der Waals surface area contributed by atoms with Crippen molar-refractivity contribution in [3.05, 3.63) is 0 Å². The fourth-order valence-corrected chi connectivity index (χ4v) is 0.962. The van der Waals surface area contributed by atoms with Gasteiger partial charge in [0.15, 0.2) is 0 Å². The molecule has 0 aromatic heterocycles. The van der Waals surface area contributed by atoms with Gasteiger partial charge in [-0.05, 0) is 6.92 Å². The van der Waals surface area contributed by atoms with E-state index in [4.69, 9.17) is 0 Å². The molecule has 0 bridgehead atoms. The third-order valence-corrected chi connectivity index (χ3v) is 1.72. The quantitative estimate of drug-likeness (QED) is 0.720. The second-order valence-corrected chi connectivity index (χ2v) is 3.06. The van der Waals surface area contributed by atoms with Crippen molar-refractivity contribution >= 4 is 17.8 Å². The van der Waals surface area contributed by atoms with Crippen LogP contribution in [0.2, 0.25) is 0 Å². The number of carbonyl (C=O) groups excluding carboxylic acids is 3. The molecule has 0 saturated heterocycles. The lowest BCUT2D eigenvalue weighted by atomic mass is 10.2. The number of methoxy groups -OCH3 is 1. The summed E-state index contributed by atoms with van der Waals surface area (Å²) in [5.41, 5.74) is 0. The molecule has 0 aromatic carbocycles. The molecule has 18 heavy (non-hydrogen) atoms. The van der Waals surface area contributed by atoms with E-state index < -0.39 is 36.5 Å². The lowest BCUT2D eigenvalue weighted by Gasteiger charge is -2.16. The van der Waals surface area contributed by atoms with E-state index in [1.807, 2.05) is 0 Å². The summed E-state index contributed by atoms with van der Waals surface area (Å²) < 4.78 is 44.6. The Kier molecular flexibility index (Phi) is 6.14. The maximum Gasteiger partial charge on any atom is 0.471 e. The van der Waals surface area contributed by atoms with Crippen LogP contribution in [0.25, 0.3) is 0 Å². The first-order chi connectivity index (χ1) is 8.22.